The summed E-state index contributed by atoms with van der Waals surface area (Å²) in [7, 11) is 0. The second-order valence-corrected chi connectivity index (χ2v) is 6.21. The Morgan fingerprint density at radius 1 is 0.913 bits per heavy atom. The zero-order valence-corrected chi connectivity index (χ0v) is 13.7. The fourth-order valence-electron chi connectivity index (χ4n) is 3.75. The van der Waals surface area contributed by atoms with Crippen LogP contribution in [-0.2, 0) is 19.3 Å². The van der Waals surface area contributed by atoms with Gasteiger partial charge >= 0.3 is 11.5 Å². The van der Waals surface area contributed by atoms with E-state index in [0.29, 0.717) is 0 Å². The molecule has 0 unspecified atom stereocenters. The predicted molar refractivity (Wildman–Crippen MR) is 95.5 cm³/mol. The summed E-state index contributed by atoms with van der Waals surface area (Å²) in [6, 6.07) is 19.4. The smallest absolute Gasteiger partial charge is 0.212 e. The summed E-state index contributed by atoms with van der Waals surface area (Å²) in [6.07, 6.45) is 3.05. The van der Waals surface area contributed by atoms with Gasteiger partial charge in [0, 0.05) is 5.56 Å². The number of hydrogen-bond acceptors (Lipinski definition) is 0. The molecule has 0 atom stereocenters. The Hall–Kier alpha value is -2.41. The Labute approximate surface area is 137 Å². The molecule has 0 saturated carbocycles. The third kappa shape index (κ3) is 2.28. The molecule has 2 aromatic carbocycles. The second-order valence-electron chi connectivity index (χ2n) is 6.21. The zero-order valence-electron chi connectivity index (χ0n) is 13.7. The van der Waals surface area contributed by atoms with Crippen molar-refractivity contribution in [3.8, 4) is 22.5 Å². The van der Waals surface area contributed by atoms with E-state index < -0.39 is 0 Å². The lowest BCUT2D eigenvalue weighted by atomic mass is 9.84. The molecule has 4 rings (SSSR count). The van der Waals surface area contributed by atoms with E-state index in [1.54, 1.807) is 0 Å². The summed E-state index contributed by atoms with van der Waals surface area (Å²) in [5.41, 5.74) is 7.99. The van der Waals surface area contributed by atoms with Crippen molar-refractivity contribution in [2.45, 2.75) is 33.1 Å². The molecule has 0 fully saturated rings. The molecule has 0 N–H and O–H groups in total. The van der Waals surface area contributed by atoms with Gasteiger partial charge in [0.05, 0.1) is 23.1 Å². The van der Waals surface area contributed by atoms with Crippen LogP contribution in [0, 0.1) is 6.92 Å². The van der Waals surface area contributed by atoms with E-state index in [1.807, 2.05) is 0 Å². The largest absolute Gasteiger partial charge is 0.364 e. The molecule has 0 spiro atoms. The van der Waals surface area contributed by atoms with Gasteiger partial charge in [-0.15, -0.1) is 0 Å². The van der Waals surface area contributed by atoms with Gasteiger partial charge in [-0.2, -0.15) is 0 Å². The summed E-state index contributed by atoms with van der Waals surface area (Å²) in [4.78, 5) is 0. The molecule has 0 amide bonds. The van der Waals surface area contributed by atoms with Crippen molar-refractivity contribution in [3.63, 3.8) is 0 Å². The molecule has 1 aromatic heterocycles. The van der Waals surface area contributed by atoms with Crippen LogP contribution in [0.1, 0.15) is 29.4 Å². The standard InChI is InChI=1S/C22H21O/c1-3-20-15(2)21(17-10-5-4-6-11-17)19-14-13-16-9-7-8-12-18(16)22(19)23-20/h4-12H,3,13-14H2,1-2H3/q+1. The van der Waals surface area contributed by atoms with Crippen molar-refractivity contribution in [1.82, 2.24) is 0 Å². The van der Waals surface area contributed by atoms with Crippen LogP contribution in [0.25, 0.3) is 22.5 Å². The Bertz CT molecular complexity index is 863. The van der Waals surface area contributed by atoms with Gasteiger partial charge in [0.15, 0.2) is 0 Å². The summed E-state index contributed by atoms with van der Waals surface area (Å²) >= 11 is 0. The summed E-state index contributed by atoms with van der Waals surface area (Å²) in [5.74, 6) is 2.17. The number of benzene rings is 2. The van der Waals surface area contributed by atoms with Crippen LogP contribution in [-0.4, -0.2) is 0 Å². The minimum absolute atomic E-state index is 0.918. The van der Waals surface area contributed by atoms with E-state index >= 15 is 0 Å². The average Bonchev–Trinajstić information content (AvgIpc) is 2.61. The summed E-state index contributed by atoms with van der Waals surface area (Å²) < 4.78 is 6.37. The summed E-state index contributed by atoms with van der Waals surface area (Å²) in [5, 5.41) is 0. The molecule has 3 aromatic rings. The maximum Gasteiger partial charge on any atom is 0.364 e. The molecule has 1 nitrogen and oxygen atoms in total. The highest BCUT2D eigenvalue weighted by Gasteiger charge is 2.32. The monoisotopic (exact) mass is 301 g/mol. The maximum absolute atomic E-state index is 6.37. The topological polar surface area (TPSA) is 11.3 Å². The molecule has 0 radical (unpaired) electrons. The molecule has 0 aliphatic heterocycles. The zero-order chi connectivity index (χ0) is 15.8. The van der Waals surface area contributed by atoms with Crippen LogP contribution in [0.15, 0.2) is 59.0 Å². The van der Waals surface area contributed by atoms with Crippen molar-refractivity contribution in [2.75, 3.05) is 0 Å². The molecule has 23 heavy (non-hydrogen) atoms. The quantitative estimate of drug-likeness (QED) is 0.539. The van der Waals surface area contributed by atoms with Gasteiger partial charge in [0.2, 0.25) is 0 Å². The van der Waals surface area contributed by atoms with Gasteiger partial charge in [-0.25, -0.2) is 4.42 Å². The first kappa shape index (κ1) is 14.2. The summed E-state index contributed by atoms with van der Waals surface area (Å²) in [6.45, 7) is 4.37. The first-order valence-corrected chi connectivity index (χ1v) is 8.41. The second kappa shape index (κ2) is 5.66. The van der Waals surface area contributed by atoms with E-state index in [1.165, 1.54) is 33.4 Å². The van der Waals surface area contributed by atoms with Gasteiger partial charge in [0.25, 0.3) is 0 Å². The van der Waals surface area contributed by atoms with Crippen molar-refractivity contribution >= 4 is 0 Å². The first-order valence-electron chi connectivity index (χ1n) is 8.41. The van der Waals surface area contributed by atoms with E-state index in [9.17, 15) is 0 Å². The van der Waals surface area contributed by atoms with Crippen LogP contribution < -0.4 is 0 Å². The van der Waals surface area contributed by atoms with Gasteiger partial charge in [0.1, 0.15) is 0 Å². The molecule has 1 heteroatoms. The van der Waals surface area contributed by atoms with E-state index in [2.05, 4.69) is 68.4 Å². The molecule has 0 saturated heterocycles. The van der Waals surface area contributed by atoms with Crippen LogP contribution in [0.3, 0.4) is 0 Å². The molecule has 1 heterocycles. The number of aryl methyl sites for hydroxylation is 2. The highest BCUT2D eigenvalue weighted by Crippen LogP contribution is 2.41. The molecule has 114 valence electrons. The van der Waals surface area contributed by atoms with E-state index in [-0.39, 0.29) is 0 Å². The van der Waals surface area contributed by atoms with Crippen molar-refractivity contribution < 1.29 is 4.42 Å². The normalized spacial score (nSPS) is 12.6. The predicted octanol–water partition coefficient (Wildman–Crippen LogP) is 5.86. The van der Waals surface area contributed by atoms with Gasteiger partial charge < -0.3 is 0 Å². The Kier molecular flexibility index (Phi) is 3.49. The van der Waals surface area contributed by atoms with E-state index in [0.717, 1.165) is 30.8 Å². The van der Waals surface area contributed by atoms with Crippen LogP contribution in [0.5, 0.6) is 0 Å². The maximum atomic E-state index is 6.37. The molecular weight excluding hydrogens is 280 g/mol. The number of rotatable bonds is 2. The SMILES string of the molecule is CCc1[o+]c2c(c(-c3ccccc3)c1C)CCc1ccccc1-2. The van der Waals surface area contributed by atoms with Gasteiger partial charge in [-0.1, -0.05) is 55.5 Å². The van der Waals surface area contributed by atoms with Gasteiger partial charge in [-0.05, 0) is 37.0 Å². The molecular formula is C22H21O+. The van der Waals surface area contributed by atoms with Crippen molar-refractivity contribution in [2.24, 2.45) is 0 Å². The van der Waals surface area contributed by atoms with E-state index in [4.69, 9.17) is 4.42 Å². The Morgan fingerprint density at radius 3 is 2.43 bits per heavy atom. The average molecular weight is 301 g/mol. The van der Waals surface area contributed by atoms with Crippen molar-refractivity contribution in [1.29, 1.82) is 0 Å². The van der Waals surface area contributed by atoms with Crippen LogP contribution in [0.2, 0.25) is 0 Å². The van der Waals surface area contributed by atoms with Crippen molar-refractivity contribution in [3.05, 3.63) is 77.0 Å². The minimum Gasteiger partial charge on any atom is -0.212 e. The highest BCUT2D eigenvalue weighted by molar-refractivity contribution is 5.80. The highest BCUT2D eigenvalue weighted by atomic mass is 16.3. The van der Waals surface area contributed by atoms with Crippen LogP contribution in [0.4, 0.5) is 0 Å². The molecule has 0 bridgehead atoms. The van der Waals surface area contributed by atoms with Crippen LogP contribution >= 0.6 is 0 Å². The number of fused-ring (bicyclic) bond motifs is 3. The minimum atomic E-state index is 0.918. The fraction of sp³-hybridized carbons (Fsp3) is 0.227. The van der Waals surface area contributed by atoms with Gasteiger partial charge in [-0.3, -0.25) is 0 Å². The lowest BCUT2D eigenvalue weighted by molar-refractivity contribution is 0.499. The lowest BCUT2D eigenvalue weighted by Gasteiger charge is -2.18. The molecule has 1 aliphatic carbocycles. The first-order chi connectivity index (χ1) is 11.3. The number of hydrogen-bond donors (Lipinski definition) is 0. The Morgan fingerprint density at radius 2 is 1.65 bits per heavy atom. The lowest BCUT2D eigenvalue weighted by Crippen LogP contribution is -2.08. The third-order valence-corrected chi connectivity index (χ3v) is 4.88. The third-order valence-electron chi connectivity index (χ3n) is 4.88. The Balaban J connectivity index is 2.05. The fourth-order valence-corrected chi connectivity index (χ4v) is 3.75. The molecule has 1 aliphatic rings.